The van der Waals surface area contributed by atoms with Gasteiger partial charge < -0.3 is 14.8 Å². The monoisotopic (exact) mass is 473 g/mol. The number of benzene rings is 3. The number of nitrogens with zero attached hydrogens (tertiary/aromatic N) is 1. The van der Waals surface area contributed by atoms with Crippen molar-refractivity contribution in [1.29, 1.82) is 0 Å². The van der Waals surface area contributed by atoms with Gasteiger partial charge >= 0.3 is 0 Å². The second-order valence-corrected chi connectivity index (χ2v) is 8.92. The molecule has 5 rings (SSSR count). The average Bonchev–Trinajstić information content (AvgIpc) is 3.62. The number of rotatable bonds is 7. The Labute approximate surface area is 200 Å². The van der Waals surface area contributed by atoms with Crippen LogP contribution in [-0.2, 0) is 4.79 Å². The third-order valence-electron chi connectivity index (χ3n) is 5.74. The quantitative estimate of drug-likeness (QED) is 0.366. The SMILES string of the molecule is COc1ccc(OC)c(-c2csc(NC(=O)c3cc4ccccc4cc3NC(=O)C3CC3)n2)c1. The lowest BCUT2D eigenvalue weighted by Crippen LogP contribution is -2.19. The minimum absolute atomic E-state index is 0.0294. The molecule has 1 aromatic heterocycles. The number of thiazole rings is 1. The van der Waals surface area contributed by atoms with Crippen molar-refractivity contribution in [1.82, 2.24) is 4.98 Å². The topological polar surface area (TPSA) is 89.5 Å². The summed E-state index contributed by atoms with van der Waals surface area (Å²) in [6.07, 6.45) is 1.77. The van der Waals surface area contributed by atoms with Gasteiger partial charge in [0, 0.05) is 16.9 Å². The zero-order chi connectivity index (χ0) is 23.7. The van der Waals surface area contributed by atoms with E-state index in [1.54, 1.807) is 20.3 Å². The van der Waals surface area contributed by atoms with Crippen molar-refractivity contribution in [2.24, 2.45) is 5.92 Å². The van der Waals surface area contributed by atoms with Crippen LogP contribution in [0.3, 0.4) is 0 Å². The van der Waals surface area contributed by atoms with Crippen LogP contribution in [0, 0.1) is 5.92 Å². The third-order valence-corrected chi connectivity index (χ3v) is 6.50. The van der Waals surface area contributed by atoms with Gasteiger partial charge in [0.25, 0.3) is 5.91 Å². The largest absolute Gasteiger partial charge is 0.497 e. The number of hydrogen-bond donors (Lipinski definition) is 2. The average molecular weight is 474 g/mol. The minimum atomic E-state index is -0.338. The molecule has 172 valence electrons. The molecule has 4 aromatic rings. The standard InChI is InChI=1S/C26H23N3O4S/c1-32-18-9-10-23(33-2)19(13-18)22-14-34-26(28-22)29-25(31)20-11-16-5-3-4-6-17(16)12-21(20)27-24(30)15-7-8-15/h3-6,9-15H,7-8H2,1-2H3,(H,27,30)(H,28,29,31). The molecule has 0 saturated heterocycles. The number of nitrogens with one attached hydrogen (secondary N) is 2. The summed E-state index contributed by atoms with van der Waals surface area (Å²) in [4.78, 5) is 30.3. The van der Waals surface area contributed by atoms with Gasteiger partial charge in [-0.2, -0.15) is 0 Å². The molecule has 0 atom stereocenters. The van der Waals surface area contributed by atoms with E-state index < -0.39 is 0 Å². The number of aromatic nitrogens is 1. The van der Waals surface area contributed by atoms with Crippen LogP contribution in [-0.4, -0.2) is 31.0 Å². The fraction of sp³-hybridized carbons (Fsp3) is 0.192. The van der Waals surface area contributed by atoms with Crippen molar-refractivity contribution in [3.63, 3.8) is 0 Å². The van der Waals surface area contributed by atoms with E-state index in [4.69, 9.17) is 9.47 Å². The Balaban J connectivity index is 1.44. The first-order valence-corrected chi connectivity index (χ1v) is 11.8. The summed E-state index contributed by atoms with van der Waals surface area (Å²) < 4.78 is 10.8. The lowest BCUT2D eigenvalue weighted by molar-refractivity contribution is -0.117. The summed E-state index contributed by atoms with van der Waals surface area (Å²) in [6, 6.07) is 16.9. The van der Waals surface area contributed by atoms with Gasteiger partial charge in [-0.1, -0.05) is 24.3 Å². The Bertz CT molecular complexity index is 1390. The molecular weight excluding hydrogens is 450 g/mol. The zero-order valence-electron chi connectivity index (χ0n) is 18.8. The summed E-state index contributed by atoms with van der Waals surface area (Å²) in [5.74, 6) is 0.980. The molecule has 2 N–H and O–H groups in total. The van der Waals surface area contributed by atoms with Gasteiger partial charge in [-0.15, -0.1) is 11.3 Å². The van der Waals surface area contributed by atoms with E-state index in [0.29, 0.717) is 33.6 Å². The van der Waals surface area contributed by atoms with Gasteiger partial charge in [0.1, 0.15) is 11.5 Å². The van der Waals surface area contributed by atoms with Crippen molar-refractivity contribution >= 4 is 44.7 Å². The van der Waals surface area contributed by atoms with Crippen molar-refractivity contribution in [3.05, 3.63) is 65.5 Å². The highest BCUT2D eigenvalue weighted by Crippen LogP contribution is 2.36. The van der Waals surface area contributed by atoms with Gasteiger partial charge in [-0.3, -0.25) is 14.9 Å². The van der Waals surface area contributed by atoms with E-state index in [1.165, 1.54) is 11.3 Å². The van der Waals surface area contributed by atoms with Crippen LogP contribution in [0.15, 0.2) is 60.0 Å². The first-order valence-electron chi connectivity index (χ1n) is 10.9. The number of amides is 2. The predicted octanol–water partition coefficient (Wildman–Crippen LogP) is 5.58. The fourth-order valence-corrected chi connectivity index (χ4v) is 4.45. The number of carbonyl (C=O) groups is 2. The Morgan fingerprint density at radius 2 is 1.74 bits per heavy atom. The normalized spacial score (nSPS) is 12.9. The molecule has 8 heteroatoms. The number of fused-ring (bicyclic) bond motifs is 1. The van der Waals surface area contributed by atoms with Crippen LogP contribution in [0.1, 0.15) is 23.2 Å². The minimum Gasteiger partial charge on any atom is -0.497 e. The van der Waals surface area contributed by atoms with Gasteiger partial charge in [0.15, 0.2) is 5.13 Å². The highest BCUT2D eigenvalue weighted by Gasteiger charge is 2.30. The number of anilines is 2. The Morgan fingerprint density at radius 1 is 0.971 bits per heavy atom. The first kappa shape index (κ1) is 21.9. The molecule has 0 unspecified atom stereocenters. The predicted molar refractivity (Wildman–Crippen MR) is 134 cm³/mol. The fourth-order valence-electron chi connectivity index (χ4n) is 3.75. The number of methoxy groups -OCH3 is 2. The molecule has 3 aromatic carbocycles. The summed E-state index contributed by atoms with van der Waals surface area (Å²) in [5.41, 5.74) is 2.32. The third kappa shape index (κ3) is 4.45. The summed E-state index contributed by atoms with van der Waals surface area (Å²) in [7, 11) is 3.19. The second-order valence-electron chi connectivity index (χ2n) is 8.07. The molecule has 0 bridgehead atoms. The molecule has 7 nitrogen and oxygen atoms in total. The maximum absolute atomic E-state index is 13.3. The molecular formula is C26H23N3O4S. The smallest absolute Gasteiger partial charge is 0.259 e. The van der Waals surface area contributed by atoms with Gasteiger partial charge in [-0.25, -0.2) is 4.98 Å². The molecule has 1 fully saturated rings. The number of ether oxygens (including phenoxy) is 2. The Morgan fingerprint density at radius 3 is 2.44 bits per heavy atom. The molecule has 1 saturated carbocycles. The second kappa shape index (κ2) is 9.15. The molecule has 1 aliphatic rings. The Hall–Kier alpha value is -3.91. The maximum Gasteiger partial charge on any atom is 0.259 e. The molecule has 0 radical (unpaired) electrons. The zero-order valence-corrected chi connectivity index (χ0v) is 19.6. The van der Waals surface area contributed by atoms with Crippen molar-refractivity contribution in [2.45, 2.75) is 12.8 Å². The lowest BCUT2D eigenvalue weighted by Gasteiger charge is -2.12. The summed E-state index contributed by atoms with van der Waals surface area (Å²) >= 11 is 1.31. The molecule has 1 aliphatic carbocycles. The Kier molecular flexibility index (Phi) is 5.90. The molecule has 0 aliphatic heterocycles. The van der Waals surface area contributed by atoms with Crippen LogP contribution in [0.4, 0.5) is 10.8 Å². The lowest BCUT2D eigenvalue weighted by atomic mass is 10.0. The molecule has 1 heterocycles. The first-order chi connectivity index (χ1) is 16.6. The van der Waals surface area contributed by atoms with Gasteiger partial charge in [-0.05, 0) is 53.9 Å². The van der Waals surface area contributed by atoms with Gasteiger partial charge in [0.05, 0.1) is 31.2 Å². The molecule has 34 heavy (non-hydrogen) atoms. The van der Waals surface area contributed by atoms with Crippen molar-refractivity contribution in [3.8, 4) is 22.8 Å². The number of carbonyl (C=O) groups excluding carboxylic acids is 2. The van der Waals surface area contributed by atoms with Crippen molar-refractivity contribution in [2.75, 3.05) is 24.9 Å². The van der Waals surface area contributed by atoms with Crippen LogP contribution < -0.4 is 20.1 Å². The summed E-state index contributed by atoms with van der Waals surface area (Å²) in [5, 5.41) is 9.98. The molecule has 0 spiro atoms. The highest BCUT2D eigenvalue weighted by molar-refractivity contribution is 7.14. The number of hydrogen-bond acceptors (Lipinski definition) is 6. The summed E-state index contributed by atoms with van der Waals surface area (Å²) in [6.45, 7) is 0. The van der Waals surface area contributed by atoms with Crippen LogP contribution in [0.5, 0.6) is 11.5 Å². The van der Waals surface area contributed by atoms with E-state index in [0.717, 1.165) is 29.2 Å². The van der Waals surface area contributed by atoms with E-state index in [9.17, 15) is 9.59 Å². The van der Waals surface area contributed by atoms with Crippen LogP contribution >= 0.6 is 11.3 Å². The molecule has 2 amide bonds. The maximum atomic E-state index is 13.3. The van der Waals surface area contributed by atoms with Gasteiger partial charge in [0.2, 0.25) is 5.91 Å². The van der Waals surface area contributed by atoms with Crippen LogP contribution in [0.25, 0.3) is 22.0 Å². The van der Waals surface area contributed by atoms with Crippen LogP contribution in [0.2, 0.25) is 0 Å². The van der Waals surface area contributed by atoms with E-state index in [1.807, 2.05) is 53.9 Å². The van der Waals surface area contributed by atoms with Crippen molar-refractivity contribution < 1.29 is 19.1 Å². The van der Waals surface area contributed by atoms with E-state index in [-0.39, 0.29) is 17.7 Å². The highest BCUT2D eigenvalue weighted by atomic mass is 32.1. The van der Waals surface area contributed by atoms with E-state index >= 15 is 0 Å². The van der Waals surface area contributed by atoms with E-state index in [2.05, 4.69) is 15.6 Å².